The molecule has 1 spiro atoms. The Kier molecular flexibility index (Phi) is 1.77. The minimum absolute atomic E-state index is 0.129. The van der Waals surface area contributed by atoms with E-state index in [9.17, 15) is 14.4 Å². The van der Waals surface area contributed by atoms with Crippen molar-refractivity contribution in [2.75, 3.05) is 14.1 Å². The Bertz CT molecular complexity index is 364. The highest BCUT2D eigenvalue weighted by Crippen LogP contribution is 2.56. The van der Waals surface area contributed by atoms with E-state index in [0.29, 0.717) is 6.42 Å². The Hall–Kier alpha value is -1.65. The molecule has 2 aliphatic rings. The zero-order valence-electron chi connectivity index (χ0n) is 8.69. The first-order chi connectivity index (χ1) is 6.96. The molecule has 1 aliphatic heterocycles. The number of amides is 4. The van der Waals surface area contributed by atoms with Gasteiger partial charge in [0.1, 0.15) is 5.41 Å². The number of barbiturate groups is 1. The van der Waals surface area contributed by atoms with Crippen LogP contribution in [0.5, 0.6) is 0 Å². The Balaban J connectivity index is 2.42. The molecule has 0 bridgehead atoms. The van der Waals surface area contributed by atoms with Crippen molar-refractivity contribution >= 4 is 17.8 Å². The molecule has 1 unspecified atom stereocenters. The molecule has 0 aromatic heterocycles. The Morgan fingerprint density at radius 2 is 1.73 bits per heavy atom. The molecule has 0 N–H and O–H groups in total. The molecule has 1 saturated carbocycles. The summed E-state index contributed by atoms with van der Waals surface area (Å²) in [7, 11) is 2.79. The third-order valence-electron chi connectivity index (χ3n) is 3.25. The number of hydrogen-bond donors (Lipinski definition) is 0. The number of hydrogen-bond acceptors (Lipinski definition) is 3. The van der Waals surface area contributed by atoms with Crippen LogP contribution in [0, 0.1) is 11.3 Å². The molecule has 2 fully saturated rings. The molecular weight excluding hydrogens is 196 g/mol. The molecule has 4 amide bonds. The van der Waals surface area contributed by atoms with Crippen LogP contribution in [0.15, 0.2) is 12.7 Å². The summed E-state index contributed by atoms with van der Waals surface area (Å²) in [6, 6.07) is -0.565. The number of imide groups is 2. The SMILES string of the molecule is C=CC1CC12C(=O)N(C)C(=O)N(C)C2=O. The van der Waals surface area contributed by atoms with Crippen LogP contribution >= 0.6 is 0 Å². The summed E-state index contributed by atoms with van der Waals surface area (Å²) in [4.78, 5) is 37.2. The van der Waals surface area contributed by atoms with Crippen molar-refractivity contribution in [2.45, 2.75) is 6.42 Å². The van der Waals surface area contributed by atoms with E-state index in [1.807, 2.05) is 0 Å². The van der Waals surface area contributed by atoms with E-state index in [1.165, 1.54) is 14.1 Å². The Morgan fingerprint density at radius 1 is 1.27 bits per heavy atom. The molecule has 0 aromatic rings. The number of carbonyl (C=O) groups excluding carboxylic acids is 3. The smallest absolute Gasteiger partial charge is 0.273 e. The van der Waals surface area contributed by atoms with Gasteiger partial charge in [-0.25, -0.2) is 4.79 Å². The molecule has 2 rings (SSSR count). The minimum atomic E-state index is -1.03. The maximum Gasteiger partial charge on any atom is 0.332 e. The van der Waals surface area contributed by atoms with Crippen molar-refractivity contribution in [1.29, 1.82) is 0 Å². The van der Waals surface area contributed by atoms with Gasteiger partial charge in [-0.2, -0.15) is 0 Å². The van der Waals surface area contributed by atoms with Gasteiger partial charge in [0.2, 0.25) is 11.8 Å². The Morgan fingerprint density at radius 3 is 2.07 bits per heavy atom. The van der Waals surface area contributed by atoms with Crippen molar-refractivity contribution in [2.24, 2.45) is 11.3 Å². The fourth-order valence-electron chi connectivity index (χ4n) is 2.15. The molecule has 1 saturated heterocycles. The van der Waals surface area contributed by atoms with Crippen LogP contribution in [-0.4, -0.2) is 41.7 Å². The predicted octanol–water partition coefficient (Wildman–Crippen LogP) is 0.229. The number of nitrogens with zero attached hydrogens (tertiary/aromatic N) is 2. The lowest BCUT2D eigenvalue weighted by atomic mass is 9.98. The largest absolute Gasteiger partial charge is 0.332 e. The fourth-order valence-corrected chi connectivity index (χ4v) is 2.15. The van der Waals surface area contributed by atoms with Gasteiger partial charge in [0.05, 0.1) is 0 Å². The van der Waals surface area contributed by atoms with Crippen molar-refractivity contribution in [3.8, 4) is 0 Å². The highest BCUT2D eigenvalue weighted by molar-refractivity contribution is 6.21. The Labute approximate surface area is 87.3 Å². The lowest BCUT2D eigenvalue weighted by Gasteiger charge is -2.33. The average Bonchev–Trinajstić information content (AvgIpc) is 2.97. The summed E-state index contributed by atoms with van der Waals surface area (Å²) in [6.45, 7) is 3.58. The van der Waals surface area contributed by atoms with Crippen LogP contribution in [0.2, 0.25) is 0 Å². The van der Waals surface area contributed by atoms with Gasteiger partial charge in [0.25, 0.3) is 0 Å². The number of urea groups is 1. The molecule has 1 aliphatic carbocycles. The lowest BCUT2D eigenvalue weighted by molar-refractivity contribution is -0.150. The average molecular weight is 208 g/mol. The van der Waals surface area contributed by atoms with Gasteiger partial charge in [-0.3, -0.25) is 19.4 Å². The molecule has 0 radical (unpaired) electrons. The van der Waals surface area contributed by atoms with Crippen molar-refractivity contribution in [3.05, 3.63) is 12.7 Å². The van der Waals surface area contributed by atoms with E-state index < -0.39 is 23.3 Å². The van der Waals surface area contributed by atoms with Crippen LogP contribution in [-0.2, 0) is 9.59 Å². The summed E-state index contributed by atoms with van der Waals surface area (Å²) in [5.41, 5.74) is -1.03. The zero-order chi connectivity index (χ0) is 11.4. The van der Waals surface area contributed by atoms with E-state index in [0.717, 1.165) is 9.80 Å². The van der Waals surface area contributed by atoms with Gasteiger partial charge in [0.15, 0.2) is 0 Å². The van der Waals surface area contributed by atoms with Gasteiger partial charge in [0, 0.05) is 20.0 Å². The monoisotopic (exact) mass is 208 g/mol. The van der Waals surface area contributed by atoms with E-state index in [4.69, 9.17) is 0 Å². The van der Waals surface area contributed by atoms with Crippen molar-refractivity contribution in [3.63, 3.8) is 0 Å². The van der Waals surface area contributed by atoms with Gasteiger partial charge in [-0.1, -0.05) is 6.08 Å². The first kappa shape index (κ1) is 9.89. The fraction of sp³-hybridized carbons (Fsp3) is 0.500. The highest BCUT2D eigenvalue weighted by atomic mass is 16.2. The van der Waals surface area contributed by atoms with Crippen LogP contribution in [0.1, 0.15) is 6.42 Å². The molecule has 80 valence electrons. The summed E-state index contributed by atoms with van der Waals surface area (Å²) in [5.74, 6) is -0.934. The molecule has 5 nitrogen and oxygen atoms in total. The second kappa shape index (κ2) is 2.68. The normalized spacial score (nSPS) is 28.7. The van der Waals surface area contributed by atoms with E-state index in [1.54, 1.807) is 6.08 Å². The van der Waals surface area contributed by atoms with E-state index in [2.05, 4.69) is 6.58 Å². The standard InChI is InChI=1S/C10H12N2O3/c1-4-6-5-10(6)7(13)11(2)9(15)12(3)8(10)14/h4,6H,1,5H2,2-3H3. The van der Waals surface area contributed by atoms with Crippen molar-refractivity contribution in [1.82, 2.24) is 9.80 Å². The van der Waals surface area contributed by atoms with Gasteiger partial charge in [-0.15, -0.1) is 6.58 Å². The van der Waals surface area contributed by atoms with Crippen LogP contribution in [0.25, 0.3) is 0 Å². The third kappa shape index (κ3) is 0.948. The predicted molar refractivity (Wildman–Crippen MR) is 51.7 cm³/mol. The van der Waals surface area contributed by atoms with Gasteiger partial charge >= 0.3 is 6.03 Å². The molecule has 5 heteroatoms. The highest BCUT2D eigenvalue weighted by Gasteiger charge is 2.69. The summed E-state index contributed by atoms with van der Waals surface area (Å²) in [5, 5.41) is 0. The second-order valence-electron chi connectivity index (χ2n) is 4.03. The van der Waals surface area contributed by atoms with Gasteiger partial charge < -0.3 is 0 Å². The van der Waals surface area contributed by atoms with Gasteiger partial charge in [-0.05, 0) is 6.42 Å². The molecule has 1 atom stereocenters. The minimum Gasteiger partial charge on any atom is -0.273 e. The first-order valence-corrected chi connectivity index (χ1v) is 4.69. The van der Waals surface area contributed by atoms with Crippen LogP contribution < -0.4 is 0 Å². The van der Waals surface area contributed by atoms with Crippen LogP contribution in [0.4, 0.5) is 4.79 Å². The number of allylic oxidation sites excluding steroid dienone is 1. The topological polar surface area (TPSA) is 57.7 Å². The first-order valence-electron chi connectivity index (χ1n) is 4.69. The quantitative estimate of drug-likeness (QED) is 0.458. The number of carbonyl (C=O) groups is 3. The second-order valence-corrected chi connectivity index (χ2v) is 4.03. The number of rotatable bonds is 1. The molecule has 0 aromatic carbocycles. The van der Waals surface area contributed by atoms with E-state index in [-0.39, 0.29) is 5.92 Å². The lowest BCUT2D eigenvalue weighted by Crippen LogP contribution is -2.58. The third-order valence-corrected chi connectivity index (χ3v) is 3.25. The molecule has 1 heterocycles. The molecular formula is C10H12N2O3. The maximum atomic E-state index is 11.9. The zero-order valence-corrected chi connectivity index (χ0v) is 8.69. The molecule has 15 heavy (non-hydrogen) atoms. The van der Waals surface area contributed by atoms with Crippen molar-refractivity contribution < 1.29 is 14.4 Å². The summed E-state index contributed by atoms with van der Waals surface area (Å²) in [6.07, 6.45) is 2.07. The van der Waals surface area contributed by atoms with E-state index >= 15 is 0 Å². The van der Waals surface area contributed by atoms with Crippen LogP contribution in [0.3, 0.4) is 0 Å². The summed E-state index contributed by atoms with van der Waals surface area (Å²) < 4.78 is 0. The summed E-state index contributed by atoms with van der Waals surface area (Å²) >= 11 is 0. The maximum absolute atomic E-state index is 11.9.